The summed E-state index contributed by atoms with van der Waals surface area (Å²) >= 11 is 0. The van der Waals surface area contributed by atoms with Crippen LogP contribution < -0.4 is 0 Å². The van der Waals surface area contributed by atoms with E-state index in [0.29, 0.717) is 0 Å². The molecule has 0 unspecified atom stereocenters. The predicted octanol–water partition coefficient (Wildman–Crippen LogP) is 1.69. The topological polar surface area (TPSA) is 56.9 Å². The zero-order valence-electron chi connectivity index (χ0n) is 7.46. The van der Waals surface area contributed by atoms with Crippen molar-refractivity contribution in [2.45, 2.75) is 20.0 Å². The van der Waals surface area contributed by atoms with Crippen LogP contribution in [-0.2, 0) is 6.61 Å². The molecule has 0 aliphatic heterocycles. The van der Waals surface area contributed by atoms with Crippen molar-refractivity contribution >= 4 is 0 Å². The van der Waals surface area contributed by atoms with Gasteiger partial charge in [-0.15, -0.1) is 0 Å². The minimum absolute atomic E-state index is 0.00611. The summed E-state index contributed by atoms with van der Waals surface area (Å²) in [5, 5.41) is 17.4. The molecule has 0 saturated carbocycles. The molecule has 1 aromatic heterocycles. The summed E-state index contributed by atoms with van der Waals surface area (Å²) in [6.45, 7) is 0.944. The van der Waals surface area contributed by atoms with Gasteiger partial charge in [-0.2, -0.15) is 5.26 Å². The van der Waals surface area contributed by atoms with E-state index < -0.39 is 13.0 Å². The molecule has 0 aliphatic rings. The third-order valence-corrected chi connectivity index (χ3v) is 1.81. The van der Waals surface area contributed by atoms with Crippen LogP contribution in [0.4, 0.5) is 8.78 Å². The van der Waals surface area contributed by atoms with Gasteiger partial charge in [0.05, 0.1) is 17.9 Å². The molecule has 0 fully saturated rings. The quantitative estimate of drug-likeness (QED) is 0.786. The highest BCUT2D eigenvalue weighted by molar-refractivity contribution is 5.38. The van der Waals surface area contributed by atoms with Crippen molar-refractivity contribution < 1.29 is 13.9 Å². The van der Waals surface area contributed by atoms with E-state index in [9.17, 15) is 8.78 Å². The normalized spacial score (nSPS) is 10.3. The highest BCUT2D eigenvalue weighted by atomic mass is 19.3. The lowest BCUT2D eigenvalue weighted by molar-refractivity contribution is 0.144. The van der Waals surface area contributed by atoms with E-state index >= 15 is 0 Å². The number of halogens is 2. The van der Waals surface area contributed by atoms with Crippen LogP contribution in [0.2, 0.25) is 0 Å². The Bertz CT molecular complexity index is 384. The van der Waals surface area contributed by atoms with Gasteiger partial charge >= 0.3 is 0 Å². The molecular formula is C9H8F2N2O. The SMILES string of the molecule is Cc1cc(C#N)c(CO)nc1C(F)F. The molecule has 1 N–H and O–H groups in total. The van der Waals surface area contributed by atoms with Crippen LogP contribution in [0, 0.1) is 18.3 Å². The number of hydrogen-bond acceptors (Lipinski definition) is 3. The zero-order valence-corrected chi connectivity index (χ0v) is 7.46. The second kappa shape index (κ2) is 4.11. The minimum Gasteiger partial charge on any atom is -0.390 e. The van der Waals surface area contributed by atoms with Crippen LogP contribution >= 0.6 is 0 Å². The molecule has 0 amide bonds. The van der Waals surface area contributed by atoms with Crippen LogP contribution in [0.25, 0.3) is 0 Å². The molecule has 1 rings (SSSR count). The maximum atomic E-state index is 12.4. The van der Waals surface area contributed by atoms with E-state index in [1.165, 1.54) is 13.0 Å². The van der Waals surface area contributed by atoms with Crippen molar-refractivity contribution in [1.29, 1.82) is 5.26 Å². The average molecular weight is 198 g/mol. The van der Waals surface area contributed by atoms with Crippen molar-refractivity contribution in [3.8, 4) is 6.07 Å². The molecule has 1 heterocycles. The fourth-order valence-electron chi connectivity index (χ4n) is 1.11. The average Bonchev–Trinajstić information content (AvgIpc) is 2.16. The summed E-state index contributed by atoms with van der Waals surface area (Å²) in [7, 11) is 0. The molecule has 0 spiro atoms. The van der Waals surface area contributed by atoms with Gasteiger partial charge in [0.1, 0.15) is 11.8 Å². The zero-order chi connectivity index (χ0) is 10.7. The number of pyridine rings is 1. The highest BCUT2D eigenvalue weighted by Crippen LogP contribution is 2.22. The van der Waals surface area contributed by atoms with E-state index in [0.717, 1.165) is 0 Å². The standard InChI is InChI=1S/C9H8F2N2O/c1-5-2-6(3-12)7(4-14)13-8(5)9(10)11/h2,9,14H,4H2,1H3. The van der Waals surface area contributed by atoms with E-state index in [4.69, 9.17) is 10.4 Å². The molecule has 0 atom stereocenters. The second-order valence-corrected chi connectivity index (χ2v) is 2.76. The first-order chi connectivity index (χ1) is 6.60. The number of aliphatic hydroxyl groups excluding tert-OH is 1. The molecule has 14 heavy (non-hydrogen) atoms. The van der Waals surface area contributed by atoms with E-state index in [2.05, 4.69) is 4.98 Å². The Morgan fingerprint density at radius 1 is 1.64 bits per heavy atom. The van der Waals surface area contributed by atoms with Crippen molar-refractivity contribution in [3.63, 3.8) is 0 Å². The van der Waals surface area contributed by atoms with Gasteiger partial charge in [-0.05, 0) is 18.6 Å². The van der Waals surface area contributed by atoms with Gasteiger partial charge < -0.3 is 5.11 Å². The summed E-state index contributed by atoms with van der Waals surface area (Å²) < 4.78 is 24.7. The lowest BCUT2D eigenvalue weighted by Crippen LogP contribution is -2.02. The Balaban J connectivity index is 3.32. The van der Waals surface area contributed by atoms with Crippen LogP contribution in [-0.4, -0.2) is 10.1 Å². The molecule has 0 saturated heterocycles. The van der Waals surface area contributed by atoms with Crippen LogP contribution in [0.5, 0.6) is 0 Å². The molecule has 0 aliphatic carbocycles. The molecule has 1 aromatic rings. The monoisotopic (exact) mass is 198 g/mol. The molecule has 74 valence electrons. The van der Waals surface area contributed by atoms with Gasteiger partial charge in [-0.3, -0.25) is 0 Å². The molecule has 0 radical (unpaired) electrons. The summed E-state index contributed by atoms with van der Waals surface area (Å²) in [5.41, 5.74) is 0.00426. The number of nitrogens with zero attached hydrogens (tertiary/aromatic N) is 2. The van der Waals surface area contributed by atoms with Crippen molar-refractivity contribution in [2.24, 2.45) is 0 Å². The number of aliphatic hydroxyl groups is 1. The van der Waals surface area contributed by atoms with E-state index in [1.54, 1.807) is 6.07 Å². The van der Waals surface area contributed by atoms with Gasteiger partial charge in [-0.1, -0.05) is 0 Å². The maximum absolute atomic E-state index is 12.4. The van der Waals surface area contributed by atoms with Crippen LogP contribution in [0.3, 0.4) is 0 Å². The predicted molar refractivity (Wildman–Crippen MR) is 44.6 cm³/mol. The summed E-state index contributed by atoms with van der Waals surface area (Å²) in [6.07, 6.45) is -2.69. The summed E-state index contributed by atoms with van der Waals surface area (Å²) in [6, 6.07) is 3.09. The maximum Gasteiger partial charge on any atom is 0.280 e. The van der Waals surface area contributed by atoms with E-state index in [1.807, 2.05) is 0 Å². The lowest BCUT2D eigenvalue weighted by atomic mass is 10.1. The fraction of sp³-hybridized carbons (Fsp3) is 0.333. The second-order valence-electron chi connectivity index (χ2n) is 2.76. The number of nitriles is 1. The Hall–Kier alpha value is -1.54. The Morgan fingerprint density at radius 2 is 2.29 bits per heavy atom. The molecular weight excluding hydrogens is 190 g/mol. The van der Waals surface area contributed by atoms with Crippen molar-refractivity contribution in [3.05, 3.63) is 28.6 Å². The van der Waals surface area contributed by atoms with Crippen LogP contribution in [0.15, 0.2) is 6.07 Å². The number of alkyl halides is 2. The third kappa shape index (κ3) is 1.86. The van der Waals surface area contributed by atoms with Gasteiger partial charge in [0, 0.05) is 0 Å². The summed E-state index contributed by atoms with van der Waals surface area (Å²) in [4.78, 5) is 3.54. The summed E-state index contributed by atoms with van der Waals surface area (Å²) in [5.74, 6) is 0. The van der Waals surface area contributed by atoms with Crippen LogP contribution in [0.1, 0.15) is 28.9 Å². The first kappa shape index (κ1) is 10.5. The van der Waals surface area contributed by atoms with Gasteiger partial charge in [-0.25, -0.2) is 13.8 Å². The number of aromatic nitrogens is 1. The molecule has 0 bridgehead atoms. The molecule has 3 nitrogen and oxygen atoms in total. The first-order valence-electron chi connectivity index (χ1n) is 3.89. The Labute approximate surface area is 79.6 Å². The number of hydrogen-bond donors (Lipinski definition) is 1. The van der Waals surface area contributed by atoms with Gasteiger partial charge in [0.2, 0.25) is 0 Å². The smallest absolute Gasteiger partial charge is 0.280 e. The van der Waals surface area contributed by atoms with E-state index in [-0.39, 0.29) is 22.5 Å². The molecule has 0 aromatic carbocycles. The highest BCUT2D eigenvalue weighted by Gasteiger charge is 2.15. The van der Waals surface area contributed by atoms with Gasteiger partial charge in [0.25, 0.3) is 6.43 Å². The molecule has 5 heteroatoms. The van der Waals surface area contributed by atoms with Gasteiger partial charge in [0.15, 0.2) is 0 Å². The minimum atomic E-state index is -2.69. The fourth-order valence-corrected chi connectivity index (χ4v) is 1.11. The Morgan fingerprint density at radius 3 is 2.71 bits per heavy atom. The Kier molecular flexibility index (Phi) is 3.10. The third-order valence-electron chi connectivity index (χ3n) is 1.81. The van der Waals surface area contributed by atoms with Crippen molar-refractivity contribution in [2.75, 3.05) is 0 Å². The number of rotatable bonds is 2. The first-order valence-corrected chi connectivity index (χ1v) is 3.89. The largest absolute Gasteiger partial charge is 0.390 e. The number of aryl methyl sites for hydroxylation is 1. The van der Waals surface area contributed by atoms with Crippen molar-refractivity contribution in [1.82, 2.24) is 4.98 Å². The lowest BCUT2D eigenvalue weighted by Gasteiger charge is -2.07.